The highest BCUT2D eigenvalue weighted by Crippen LogP contribution is 2.36. The zero-order valence-electron chi connectivity index (χ0n) is 14.3. The minimum atomic E-state index is 0.152. The first-order valence-electron chi connectivity index (χ1n) is 9.05. The summed E-state index contributed by atoms with van der Waals surface area (Å²) in [6, 6.07) is 0.496. The summed E-state index contributed by atoms with van der Waals surface area (Å²) in [5, 5.41) is 5.06. The van der Waals surface area contributed by atoms with E-state index in [0.717, 1.165) is 31.9 Å². The highest BCUT2D eigenvalue weighted by atomic mass is 32.1. The average Bonchev–Trinajstić information content (AvgIpc) is 3.34. The Morgan fingerprint density at radius 2 is 2.17 bits per heavy atom. The summed E-state index contributed by atoms with van der Waals surface area (Å²) in [4.78, 5) is 10.2. The molecular weight excluding hydrogens is 320 g/mol. The highest BCUT2D eigenvalue weighted by Gasteiger charge is 2.26. The van der Waals surface area contributed by atoms with Gasteiger partial charge in [0.1, 0.15) is 6.10 Å². The molecule has 0 radical (unpaired) electrons. The van der Waals surface area contributed by atoms with E-state index in [1.807, 2.05) is 30.9 Å². The zero-order chi connectivity index (χ0) is 16.4. The molecule has 1 N–H and O–H groups in total. The smallest absolute Gasteiger partial charge is 0.100 e. The standard InChI is InChI=1S/C18H26N4OS/c1-22-12-19-11-16(22)17-8-14(6-7-23-17)20-9-15-10-21-18(24-15)13-4-2-3-5-13/h10-14,17,20H,2-9H2,1H3/t14-,17+/m0/s1. The van der Waals surface area contributed by atoms with E-state index in [4.69, 9.17) is 4.74 Å². The number of aromatic nitrogens is 3. The van der Waals surface area contributed by atoms with Gasteiger partial charge in [-0.1, -0.05) is 12.8 Å². The first-order valence-corrected chi connectivity index (χ1v) is 9.87. The fourth-order valence-electron chi connectivity index (χ4n) is 3.88. The van der Waals surface area contributed by atoms with Crippen molar-refractivity contribution in [3.8, 4) is 0 Å². The van der Waals surface area contributed by atoms with E-state index in [2.05, 4.69) is 26.0 Å². The lowest BCUT2D eigenvalue weighted by molar-refractivity contribution is -0.00400. The summed E-state index contributed by atoms with van der Waals surface area (Å²) in [5.74, 6) is 0.723. The quantitative estimate of drug-likeness (QED) is 0.900. The van der Waals surface area contributed by atoms with Crippen LogP contribution in [0, 0.1) is 0 Å². The van der Waals surface area contributed by atoms with Crippen molar-refractivity contribution in [3.05, 3.63) is 34.3 Å². The summed E-state index contributed by atoms with van der Waals surface area (Å²) >= 11 is 1.90. The van der Waals surface area contributed by atoms with E-state index >= 15 is 0 Å². The van der Waals surface area contributed by atoms with Crippen LogP contribution in [0.15, 0.2) is 18.7 Å². The largest absolute Gasteiger partial charge is 0.372 e. The number of nitrogens with one attached hydrogen (secondary N) is 1. The molecule has 4 rings (SSSR count). The van der Waals surface area contributed by atoms with Gasteiger partial charge in [-0.15, -0.1) is 11.3 Å². The summed E-state index contributed by atoms with van der Waals surface area (Å²) in [6.07, 6.45) is 13.5. The molecule has 0 spiro atoms. The Balaban J connectivity index is 1.31. The second-order valence-corrected chi connectivity index (χ2v) is 8.18. The molecule has 3 heterocycles. The summed E-state index contributed by atoms with van der Waals surface area (Å²) < 4.78 is 8.01. The van der Waals surface area contributed by atoms with Gasteiger partial charge >= 0.3 is 0 Å². The van der Waals surface area contributed by atoms with Gasteiger partial charge in [0.05, 0.1) is 23.2 Å². The first-order chi connectivity index (χ1) is 11.8. The van der Waals surface area contributed by atoms with Crippen LogP contribution in [-0.4, -0.2) is 27.2 Å². The minimum Gasteiger partial charge on any atom is -0.372 e. The van der Waals surface area contributed by atoms with Crippen molar-refractivity contribution >= 4 is 11.3 Å². The molecule has 1 saturated heterocycles. The van der Waals surface area contributed by atoms with Crippen molar-refractivity contribution in [1.29, 1.82) is 0 Å². The van der Waals surface area contributed by atoms with Gasteiger partial charge in [0.2, 0.25) is 0 Å². The molecule has 24 heavy (non-hydrogen) atoms. The monoisotopic (exact) mass is 346 g/mol. The molecule has 2 atom stereocenters. The van der Waals surface area contributed by atoms with E-state index in [1.165, 1.54) is 41.3 Å². The maximum atomic E-state index is 5.95. The molecule has 5 nitrogen and oxygen atoms in total. The normalized spacial score (nSPS) is 25.4. The van der Waals surface area contributed by atoms with Crippen LogP contribution in [0.4, 0.5) is 0 Å². The van der Waals surface area contributed by atoms with E-state index in [-0.39, 0.29) is 6.10 Å². The van der Waals surface area contributed by atoms with Gasteiger partial charge in [-0.25, -0.2) is 9.97 Å². The lowest BCUT2D eigenvalue weighted by atomic mass is 10.0. The minimum absolute atomic E-state index is 0.152. The first kappa shape index (κ1) is 16.2. The van der Waals surface area contributed by atoms with Crippen molar-refractivity contribution < 1.29 is 4.74 Å². The zero-order valence-corrected chi connectivity index (χ0v) is 15.1. The number of ether oxygens (including phenoxy) is 1. The average molecular weight is 347 g/mol. The van der Waals surface area contributed by atoms with Gasteiger partial charge in [-0.3, -0.25) is 0 Å². The molecule has 0 unspecified atom stereocenters. The Hall–Kier alpha value is -1.24. The Labute approximate surface area is 147 Å². The molecule has 1 aliphatic carbocycles. The SMILES string of the molecule is Cn1cncc1[C@H]1C[C@@H](NCc2cnc(C3CCCC3)s2)CCO1. The van der Waals surface area contributed by atoms with Crippen molar-refractivity contribution in [2.75, 3.05) is 6.61 Å². The van der Waals surface area contributed by atoms with E-state index < -0.39 is 0 Å². The fraction of sp³-hybridized carbons (Fsp3) is 0.667. The second kappa shape index (κ2) is 7.33. The van der Waals surface area contributed by atoms with Crippen LogP contribution >= 0.6 is 11.3 Å². The van der Waals surface area contributed by atoms with Crippen LogP contribution in [0.5, 0.6) is 0 Å². The Morgan fingerprint density at radius 3 is 2.96 bits per heavy atom. The maximum Gasteiger partial charge on any atom is 0.100 e. The van der Waals surface area contributed by atoms with Crippen LogP contribution < -0.4 is 5.32 Å². The van der Waals surface area contributed by atoms with Gasteiger partial charge in [-0.2, -0.15) is 0 Å². The van der Waals surface area contributed by atoms with Gasteiger partial charge in [0, 0.05) is 43.2 Å². The highest BCUT2D eigenvalue weighted by molar-refractivity contribution is 7.11. The van der Waals surface area contributed by atoms with Crippen LogP contribution in [-0.2, 0) is 18.3 Å². The van der Waals surface area contributed by atoms with Crippen molar-refractivity contribution in [2.24, 2.45) is 7.05 Å². The molecule has 2 aromatic rings. The molecule has 0 bridgehead atoms. The number of hydrogen-bond donors (Lipinski definition) is 1. The van der Waals surface area contributed by atoms with Crippen molar-refractivity contribution in [2.45, 2.75) is 63.1 Å². The van der Waals surface area contributed by atoms with Crippen LogP contribution in [0.25, 0.3) is 0 Å². The number of nitrogens with zero attached hydrogens (tertiary/aromatic N) is 3. The Morgan fingerprint density at radius 1 is 1.29 bits per heavy atom. The predicted molar refractivity (Wildman–Crippen MR) is 95.1 cm³/mol. The lowest BCUT2D eigenvalue weighted by Crippen LogP contribution is -2.36. The molecule has 130 valence electrons. The molecule has 6 heteroatoms. The van der Waals surface area contributed by atoms with Crippen LogP contribution in [0.1, 0.15) is 66.1 Å². The molecular formula is C18H26N4OS. The number of rotatable bonds is 5. The number of hydrogen-bond acceptors (Lipinski definition) is 5. The summed E-state index contributed by atoms with van der Waals surface area (Å²) in [5.41, 5.74) is 1.17. The topological polar surface area (TPSA) is 52.0 Å². The van der Waals surface area contributed by atoms with E-state index in [9.17, 15) is 0 Å². The summed E-state index contributed by atoms with van der Waals surface area (Å²) in [6.45, 7) is 1.73. The third kappa shape index (κ3) is 3.55. The number of thiazole rings is 1. The second-order valence-electron chi connectivity index (χ2n) is 7.04. The molecule has 2 aliphatic rings. The number of aryl methyl sites for hydroxylation is 1. The van der Waals surface area contributed by atoms with E-state index in [0.29, 0.717) is 6.04 Å². The predicted octanol–water partition coefficient (Wildman–Crippen LogP) is 3.54. The van der Waals surface area contributed by atoms with Crippen molar-refractivity contribution in [3.63, 3.8) is 0 Å². The van der Waals surface area contributed by atoms with Crippen LogP contribution in [0.2, 0.25) is 0 Å². The molecule has 2 fully saturated rings. The fourth-order valence-corrected chi connectivity index (χ4v) is 4.91. The summed E-state index contributed by atoms with van der Waals surface area (Å²) in [7, 11) is 2.03. The van der Waals surface area contributed by atoms with E-state index in [1.54, 1.807) is 0 Å². The van der Waals surface area contributed by atoms with Gasteiger partial charge in [-0.05, 0) is 25.7 Å². The molecule has 0 aromatic carbocycles. The molecule has 0 amide bonds. The van der Waals surface area contributed by atoms with Crippen LogP contribution in [0.3, 0.4) is 0 Å². The Kier molecular flexibility index (Phi) is 4.96. The third-order valence-electron chi connectivity index (χ3n) is 5.31. The molecule has 1 aliphatic heterocycles. The van der Waals surface area contributed by atoms with Gasteiger partial charge in [0.15, 0.2) is 0 Å². The molecule has 2 aromatic heterocycles. The van der Waals surface area contributed by atoms with Crippen molar-refractivity contribution in [1.82, 2.24) is 19.9 Å². The maximum absolute atomic E-state index is 5.95. The van der Waals surface area contributed by atoms with Gasteiger partial charge in [0.25, 0.3) is 0 Å². The third-order valence-corrected chi connectivity index (χ3v) is 6.47. The Bertz CT molecular complexity index is 662. The lowest BCUT2D eigenvalue weighted by Gasteiger charge is -2.30. The molecule has 1 saturated carbocycles. The number of imidazole rings is 1. The van der Waals surface area contributed by atoms with Gasteiger partial charge < -0.3 is 14.6 Å².